The zero-order chi connectivity index (χ0) is 20.5. The topological polar surface area (TPSA) is 25.4 Å². The van der Waals surface area contributed by atoms with Crippen LogP contribution in [-0.2, 0) is 0 Å². The SMILES string of the molecule is CCN(CC)CCOc1ccc(/C(=C/c2ccncc2)c2ccccc2F)cc1. The van der Waals surface area contributed by atoms with Gasteiger partial charge in [-0.15, -0.1) is 0 Å². The van der Waals surface area contributed by atoms with E-state index in [1.54, 1.807) is 24.5 Å². The van der Waals surface area contributed by atoms with Gasteiger partial charge in [0.15, 0.2) is 0 Å². The first-order valence-electron chi connectivity index (χ1n) is 10.0. The van der Waals surface area contributed by atoms with Crippen LogP contribution in [-0.4, -0.2) is 36.1 Å². The summed E-state index contributed by atoms with van der Waals surface area (Å²) in [6, 6.07) is 18.5. The van der Waals surface area contributed by atoms with Gasteiger partial charge in [0, 0.05) is 24.5 Å². The lowest BCUT2D eigenvalue weighted by molar-refractivity contribution is 0.223. The minimum absolute atomic E-state index is 0.243. The van der Waals surface area contributed by atoms with Crippen LogP contribution in [0.2, 0.25) is 0 Å². The van der Waals surface area contributed by atoms with Crippen molar-refractivity contribution >= 4 is 11.6 Å². The molecule has 0 saturated carbocycles. The van der Waals surface area contributed by atoms with Gasteiger partial charge in [-0.1, -0.05) is 44.2 Å². The van der Waals surface area contributed by atoms with Gasteiger partial charge >= 0.3 is 0 Å². The Balaban J connectivity index is 1.83. The maximum absolute atomic E-state index is 14.5. The van der Waals surface area contributed by atoms with Crippen molar-refractivity contribution in [1.29, 1.82) is 0 Å². The Morgan fingerprint density at radius 2 is 1.66 bits per heavy atom. The molecule has 3 rings (SSSR count). The number of likely N-dealkylation sites (N-methyl/N-ethyl adjacent to an activating group) is 1. The van der Waals surface area contributed by atoms with Crippen molar-refractivity contribution in [3.05, 3.63) is 95.6 Å². The van der Waals surface area contributed by atoms with Crippen molar-refractivity contribution in [2.45, 2.75) is 13.8 Å². The molecule has 2 aromatic carbocycles. The summed E-state index contributed by atoms with van der Waals surface area (Å²) in [4.78, 5) is 6.38. The van der Waals surface area contributed by atoms with E-state index in [0.29, 0.717) is 12.2 Å². The maximum atomic E-state index is 14.5. The number of rotatable bonds is 9. The van der Waals surface area contributed by atoms with Gasteiger partial charge < -0.3 is 9.64 Å². The van der Waals surface area contributed by atoms with E-state index < -0.39 is 0 Å². The third kappa shape index (κ3) is 5.75. The first-order valence-corrected chi connectivity index (χ1v) is 10.0. The Morgan fingerprint density at radius 3 is 2.31 bits per heavy atom. The predicted octanol–water partition coefficient (Wildman–Crippen LogP) is 5.53. The van der Waals surface area contributed by atoms with Gasteiger partial charge in [-0.05, 0) is 66.2 Å². The molecule has 0 aliphatic rings. The third-order valence-corrected chi connectivity index (χ3v) is 4.92. The molecule has 0 aliphatic heterocycles. The Morgan fingerprint density at radius 1 is 0.966 bits per heavy atom. The fraction of sp³-hybridized carbons (Fsp3) is 0.240. The summed E-state index contributed by atoms with van der Waals surface area (Å²) in [5.41, 5.74) is 3.30. The second-order valence-electron chi connectivity index (χ2n) is 6.72. The van der Waals surface area contributed by atoms with Crippen molar-refractivity contribution in [1.82, 2.24) is 9.88 Å². The van der Waals surface area contributed by atoms with Gasteiger partial charge in [-0.25, -0.2) is 4.39 Å². The van der Waals surface area contributed by atoms with E-state index in [2.05, 4.69) is 23.7 Å². The highest BCUT2D eigenvalue weighted by Crippen LogP contribution is 2.29. The third-order valence-electron chi connectivity index (χ3n) is 4.92. The molecule has 3 aromatic rings. The molecule has 0 amide bonds. The molecule has 0 N–H and O–H groups in total. The molecule has 0 bridgehead atoms. The van der Waals surface area contributed by atoms with Crippen molar-refractivity contribution in [2.75, 3.05) is 26.2 Å². The maximum Gasteiger partial charge on any atom is 0.131 e. The van der Waals surface area contributed by atoms with Crippen LogP contribution in [0.15, 0.2) is 73.1 Å². The zero-order valence-electron chi connectivity index (χ0n) is 17.0. The summed E-state index contributed by atoms with van der Waals surface area (Å²) in [6.07, 6.45) is 5.45. The number of hydrogen-bond donors (Lipinski definition) is 0. The average Bonchev–Trinajstić information content (AvgIpc) is 2.77. The standard InChI is InChI=1S/C25H27FN2O/c1-3-28(4-2)17-18-29-22-11-9-21(10-12-22)24(19-20-13-15-27-16-14-20)23-7-5-6-8-25(23)26/h5-16,19H,3-4,17-18H2,1-2H3/b24-19-. The molecule has 150 valence electrons. The van der Waals surface area contributed by atoms with E-state index >= 15 is 0 Å². The van der Waals surface area contributed by atoms with Crippen molar-refractivity contribution in [3.8, 4) is 5.75 Å². The summed E-state index contributed by atoms with van der Waals surface area (Å²) >= 11 is 0. The highest BCUT2D eigenvalue weighted by Gasteiger charge is 2.11. The normalized spacial score (nSPS) is 11.7. The van der Waals surface area contributed by atoms with Crippen LogP contribution >= 0.6 is 0 Å². The summed E-state index contributed by atoms with van der Waals surface area (Å²) in [5.74, 6) is 0.574. The first kappa shape index (κ1) is 20.7. The number of pyridine rings is 1. The largest absolute Gasteiger partial charge is 0.492 e. The minimum Gasteiger partial charge on any atom is -0.492 e. The first-order chi connectivity index (χ1) is 14.2. The van der Waals surface area contributed by atoms with Crippen molar-refractivity contribution in [3.63, 3.8) is 0 Å². The molecule has 4 heteroatoms. The number of halogens is 1. The molecule has 0 saturated heterocycles. The fourth-order valence-electron chi connectivity index (χ4n) is 3.19. The van der Waals surface area contributed by atoms with E-state index in [9.17, 15) is 4.39 Å². The van der Waals surface area contributed by atoms with Gasteiger partial charge in [-0.2, -0.15) is 0 Å². The molecule has 1 aromatic heterocycles. The van der Waals surface area contributed by atoms with Gasteiger partial charge in [0.1, 0.15) is 18.2 Å². The average molecular weight is 391 g/mol. The van der Waals surface area contributed by atoms with Crippen LogP contribution in [0.1, 0.15) is 30.5 Å². The molecule has 0 fully saturated rings. The van der Waals surface area contributed by atoms with Crippen molar-refractivity contribution in [2.24, 2.45) is 0 Å². The molecule has 0 radical (unpaired) electrons. The highest BCUT2D eigenvalue weighted by molar-refractivity contribution is 5.91. The van der Waals surface area contributed by atoms with E-state index in [1.807, 2.05) is 48.5 Å². The number of aromatic nitrogens is 1. The molecule has 1 heterocycles. The molecule has 0 unspecified atom stereocenters. The lowest BCUT2D eigenvalue weighted by Crippen LogP contribution is -2.27. The van der Waals surface area contributed by atoms with Crippen LogP contribution in [0.4, 0.5) is 4.39 Å². The second-order valence-corrected chi connectivity index (χ2v) is 6.72. The second kappa shape index (κ2) is 10.5. The lowest BCUT2D eigenvalue weighted by atomic mass is 9.95. The number of ether oxygens (including phenoxy) is 1. The van der Waals surface area contributed by atoms with Crippen LogP contribution in [0.3, 0.4) is 0 Å². The van der Waals surface area contributed by atoms with Gasteiger partial charge in [0.05, 0.1) is 0 Å². The molecular formula is C25H27FN2O. The van der Waals surface area contributed by atoms with Crippen LogP contribution in [0.5, 0.6) is 5.75 Å². The number of nitrogens with zero attached hydrogens (tertiary/aromatic N) is 2. The fourth-order valence-corrected chi connectivity index (χ4v) is 3.19. The Labute approximate surface area is 172 Å². The number of hydrogen-bond acceptors (Lipinski definition) is 3. The number of benzene rings is 2. The predicted molar refractivity (Wildman–Crippen MR) is 117 cm³/mol. The summed E-state index contributed by atoms with van der Waals surface area (Å²) in [6.45, 7) is 7.88. The summed E-state index contributed by atoms with van der Waals surface area (Å²) in [7, 11) is 0. The molecule has 3 nitrogen and oxygen atoms in total. The van der Waals surface area contributed by atoms with E-state index in [-0.39, 0.29) is 5.82 Å². The van der Waals surface area contributed by atoms with Crippen LogP contribution < -0.4 is 4.74 Å². The van der Waals surface area contributed by atoms with Crippen molar-refractivity contribution < 1.29 is 9.13 Å². The summed E-state index contributed by atoms with van der Waals surface area (Å²) < 4.78 is 20.4. The quantitative estimate of drug-likeness (QED) is 0.480. The minimum atomic E-state index is -0.243. The van der Waals surface area contributed by atoms with Crippen LogP contribution in [0, 0.1) is 5.82 Å². The smallest absolute Gasteiger partial charge is 0.131 e. The zero-order valence-corrected chi connectivity index (χ0v) is 17.0. The van der Waals surface area contributed by atoms with E-state index in [1.165, 1.54) is 6.07 Å². The molecular weight excluding hydrogens is 363 g/mol. The van der Waals surface area contributed by atoms with Gasteiger partial charge in [0.25, 0.3) is 0 Å². The molecule has 0 aliphatic carbocycles. The molecule has 0 spiro atoms. The lowest BCUT2D eigenvalue weighted by Gasteiger charge is -2.18. The molecule has 0 atom stereocenters. The Kier molecular flexibility index (Phi) is 7.54. The summed E-state index contributed by atoms with van der Waals surface area (Å²) in [5, 5.41) is 0. The monoisotopic (exact) mass is 390 g/mol. The molecule has 29 heavy (non-hydrogen) atoms. The van der Waals surface area contributed by atoms with E-state index in [0.717, 1.165) is 42.1 Å². The van der Waals surface area contributed by atoms with E-state index in [4.69, 9.17) is 4.74 Å². The van der Waals surface area contributed by atoms with Gasteiger partial charge in [0.2, 0.25) is 0 Å². The Bertz CT molecular complexity index is 919. The van der Waals surface area contributed by atoms with Gasteiger partial charge in [-0.3, -0.25) is 4.98 Å². The van der Waals surface area contributed by atoms with Crippen LogP contribution in [0.25, 0.3) is 11.6 Å². The highest BCUT2D eigenvalue weighted by atomic mass is 19.1. The Hall–Kier alpha value is -2.98.